The number of aromatic nitrogens is 2. The van der Waals surface area contributed by atoms with Crippen LogP contribution < -0.4 is 5.32 Å². The average molecular weight is 253 g/mol. The van der Waals surface area contributed by atoms with Crippen molar-refractivity contribution in [2.75, 3.05) is 12.3 Å². The van der Waals surface area contributed by atoms with E-state index < -0.39 is 0 Å². The molecule has 3 unspecified atom stereocenters. The zero-order valence-electron chi connectivity index (χ0n) is 10.2. The molecule has 2 aliphatic heterocycles. The van der Waals surface area contributed by atoms with Gasteiger partial charge in [0.25, 0.3) is 0 Å². The molecule has 0 saturated carbocycles. The van der Waals surface area contributed by atoms with Crippen LogP contribution in [-0.4, -0.2) is 28.5 Å². The third kappa shape index (κ3) is 2.50. The summed E-state index contributed by atoms with van der Waals surface area (Å²) in [4.78, 5) is 4.62. The van der Waals surface area contributed by atoms with Gasteiger partial charge in [-0.1, -0.05) is 5.16 Å². The molecule has 2 aliphatic rings. The summed E-state index contributed by atoms with van der Waals surface area (Å²) in [6.07, 6.45) is 4.71. The third-order valence-corrected chi connectivity index (χ3v) is 5.02. The van der Waals surface area contributed by atoms with Crippen molar-refractivity contribution in [2.24, 2.45) is 0 Å². The summed E-state index contributed by atoms with van der Waals surface area (Å²) in [5.41, 5.74) is 0. The Morgan fingerprint density at radius 3 is 3.12 bits per heavy atom. The van der Waals surface area contributed by atoms with Crippen molar-refractivity contribution in [2.45, 2.75) is 49.8 Å². The molecule has 1 aromatic rings. The van der Waals surface area contributed by atoms with Crippen molar-refractivity contribution in [1.82, 2.24) is 15.5 Å². The second-order valence-corrected chi connectivity index (χ2v) is 6.38. The highest BCUT2D eigenvalue weighted by atomic mass is 32.2. The first-order valence-corrected chi connectivity index (χ1v) is 7.56. The second kappa shape index (κ2) is 4.98. The van der Waals surface area contributed by atoms with Gasteiger partial charge in [0.1, 0.15) is 0 Å². The maximum atomic E-state index is 5.46. The van der Waals surface area contributed by atoms with Crippen LogP contribution in [0, 0.1) is 0 Å². The van der Waals surface area contributed by atoms with E-state index in [4.69, 9.17) is 4.52 Å². The van der Waals surface area contributed by atoms with Crippen molar-refractivity contribution in [3.05, 3.63) is 11.7 Å². The average Bonchev–Trinajstić information content (AvgIpc) is 3.00. The summed E-state index contributed by atoms with van der Waals surface area (Å²) in [6.45, 7) is 3.28. The Hall–Kier alpha value is -0.550. The largest absolute Gasteiger partial charge is 0.339 e. The van der Waals surface area contributed by atoms with Crippen molar-refractivity contribution in [3.63, 3.8) is 0 Å². The van der Waals surface area contributed by atoms with Gasteiger partial charge >= 0.3 is 0 Å². The first-order chi connectivity index (χ1) is 8.33. The molecule has 3 heterocycles. The van der Waals surface area contributed by atoms with Crippen LogP contribution in [0.3, 0.4) is 0 Å². The molecule has 1 aromatic heterocycles. The normalized spacial score (nSPS) is 34.1. The molecule has 17 heavy (non-hydrogen) atoms. The van der Waals surface area contributed by atoms with Crippen molar-refractivity contribution in [1.29, 1.82) is 0 Å². The van der Waals surface area contributed by atoms with Gasteiger partial charge < -0.3 is 9.84 Å². The highest BCUT2D eigenvalue weighted by Crippen LogP contribution is 2.39. The molecule has 1 N–H and O–H groups in total. The molecule has 4 nitrogen and oxygen atoms in total. The van der Waals surface area contributed by atoms with E-state index in [9.17, 15) is 0 Å². The predicted molar refractivity (Wildman–Crippen MR) is 68.2 cm³/mol. The van der Waals surface area contributed by atoms with Crippen LogP contribution in [0.2, 0.25) is 0 Å². The van der Waals surface area contributed by atoms with E-state index in [1.807, 2.05) is 11.8 Å². The van der Waals surface area contributed by atoms with Crippen LogP contribution in [0.1, 0.15) is 55.5 Å². The maximum Gasteiger partial charge on any atom is 0.229 e. The molecule has 94 valence electrons. The molecule has 3 rings (SSSR count). The van der Waals surface area contributed by atoms with Crippen LogP contribution in [-0.2, 0) is 0 Å². The molecule has 0 radical (unpaired) electrons. The first kappa shape index (κ1) is 11.5. The highest BCUT2D eigenvalue weighted by molar-refractivity contribution is 7.99. The first-order valence-electron chi connectivity index (χ1n) is 6.51. The lowest BCUT2D eigenvalue weighted by Crippen LogP contribution is -2.34. The molecular weight excluding hydrogens is 234 g/mol. The smallest absolute Gasteiger partial charge is 0.229 e. The van der Waals surface area contributed by atoms with Crippen molar-refractivity contribution < 1.29 is 4.52 Å². The molecule has 2 saturated heterocycles. The lowest BCUT2D eigenvalue weighted by molar-refractivity contribution is 0.294. The molecular formula is C12H19N3OS. The highest BCUT2D eigenvalue weighted by Gasteiger charge is 2.28. The summed E-state index contributed by atoms with van der Waals surface area (Å²) < 4.78 is 5.46. The number of thioether (sulfide) groups is 1. The molecule has 0 bridgehead atoms. The zero-order chi connectivity index (χ0) is 11.7. The van der Waals surface area contributed by atoms with E-state index >= 15 is 0 Å². The van der Waals surface area contributed by atoms with E-state index in [1.165, 1.54) is 18.6 Å². The Bertz CT molecular complexity index is 376. The van der Waals surface area contributed by atoms with Crippen LogP contribution in [0.4, 0.5) is 0 Å². The Morgan fingerprint density at radius 1 is 1.41 bits per heavy atom. The standard InChI is InChI=1S/C12H19N3OS/c1-8-7-9(4-5-13-8)12-14-11(15-16-12)10-3-2-6-17-10/h8-10,13H,2-7H2,1H3. The Labute approximate surface area is 106 Å². The maximum absolute atomic E-state index is 5.46. The molecule has 0 amide bonds. The fourth-order valence-corrected chi connectivity index (χ4v) is 3.88. The van der Waals surface area contributed by atoms with Gasteiger partial charge in [0.2, 0.25) is 5.89 Å². The van der Waals surface area contributed by atoms with Gasteiger partial charge in [-0.05, 0) is 44.9 Å². The predicted octanol–water partition coefficient (Wildman–Crippen LogP) is 2.49. The molecule has 3 atom stereocenters. The summed E-state index contributed by atoms with van der Waals surface area (Å²) in [5.74, 6) is 3.48. The van der Waals surface area contributed by atoms with Crippen molar-refractivity contribution >= 4 is 11.8 Å². The monoisotopic (exact) mass is 253 g/mol. The third-order valence-electron chi connectivity index (χ3n) is 3.65. The second-order valence-electron chi connectivity index (χ2n) is 5.07. The fraction of sp³-hybridized carbons (Fsp3) is 0.833. The number of rotatable bonds is 2. The number of piperidine rings is 1. The number of nitrogens with zero attached hydrogens (tertiary/aromatic N) is 2. The van der Waals surface area contributed by atoms with E-state index in [-0.39, 0.29) is 0 Å². The molecule has 0 spiro atoms. The SMILES string of the molecule is CC1CC(c2nc(C3CCCS3)no2)CCN1. The number of nitrogens with one attached hydrogen (secondary N) is 1. The van der Waals surface area contributed by atoms with E-state index in [1.54, 1.807) is 0 Å². The van der Waals surface area contributed by atoms with Gasteiger partial charge in [-0.25, -0.2) is 0 Å². The summed E-state index contributed by atoms with van der Waals surface area (Å²) in [6, 6.07) is 0.560. The van der Waals surface area contributed by atoms with Crippen molar-refractivity contribution in [3.8, 4) is 0 Å². The lowest BCUT2D eigenvalue weighted by Gasteiger charge is -2.25. The molecule has 2 fully saturated rings. The van der Waals surface area contributed by atoms with E-state index in [0.29, 0.717) is 17.2 Å². The van der Waals surface area contributed by atoms with Crippen LogP contribution >= 0.6 is 11.8 Å². The topological polar surface area (TPSA) is 51.0 Å². The molecule has 0 aromatic carbocycles. The van der Waals surface area contributed by atoms with Gasteiger partial charge in [0, 0.05) is 12.0 Å². The van der Waals surface area contributed by atoms with Crippen LogP contribution in [0.25, 0.3) is 0 Å². The molecule has 5 heteroatoms. The van der Waals surface area contributed by atoms with Gasteiger partial charge in [-0.2, -0.15) is 16.7 Å². The number of hydrogen-bond donors (Lipinski definition) is 1. The Morgan fingerprint density at radius 2 is 2.35 bits per heavy atom. The minimum Gasteiger partial charge on any atom is -0.339 e. The quantitative estimate of drug-likeness (QED) is 0.877. The Kier molecular flexibility index (Phi) is 3.38. The Balaban J connectivity index is 1.70. The fourth-order valence-electron chi connectivity index (χ4n) is 2.68. The summed E-state index contributed by atoms with van der Waals surface area (Å²) in [7, 11) is 0. The lowest BCUT2D eigenvalue weighted by atomic mass is 9.93. The van der Waals surface area contributed by atoms with Crippen LogP contribution in [0.5, 0.6) is 0 Å². The van der Waals surface area contributed by atoms with Gasteiger partial charge in [0.05, 0.1) is 5.25 Å². The number of hydrogen-bond acceptors (Lipinski definition) is 5. The van der Waals surface area contributed by atoms with E-state index in [0.717, 1.165) is 31.1 Å². The zero-order valence-corrected chi connectivity index (χ0v) is 11.0. The van der Waals surface area contributed by atoms with Gasteiger partial charge in [0.15, 0.2) is 5.82 Å². The van der Waals surface area contributed by atoms with Crippen LogP contribution in [0.15, 0.2) is 4.52 Å². The van der Waals surface area contributed by atoms with E-state index in [2.05, 4.69) is 22.4 Å². The molecule has 0 aliphatic carbocycles. The summed E-state index contributed by atoms with van der Waals surface area (Å²) in [5, 5.41) is 8.10. The summed E-state index contributed by atoms with van der Waals surface area (Å²) >= 11 is 1.96. The minimum atomic E-state index is 0.457. The van der Waals surface area contributed by atoms with Gasteiger partial charge in [-0.3, -0.25) is 0 Å². The minimum absolute atomic E-state index is 0.457. The van der Waals surface area contributed by atoms with Gasteiger partial charge in [-0.15, -0.1) is 0 Å².